The average molecular weight is 530 g/mol. The van der Waals surface area contributed by atoms with E-state index in [1.54, 1.807) is 11.0 Å². The summed E-state index contributed by atoms with van der Waals surface area (Å²) in [5.41, 5.74) is 1.10. The van der Waals surface area contributed by atoms with Gasteiger partial charge in [0.05, 0.1) is 23.3 Å². The van der Waals surface area contributed by atoms with Crippen LogP contribution < -0.4 is 10.2 Å². The maximum atomic E-state index is 15.1. The van der Waals surface area contributed by atoms with Gasteiger partial charge in [0.1, 0.15) is 16.4 Å². The van der Waals surface area contributed by atoms with Crippen molar-refractivity contribution in [1.82, 2.24) is 25.1 Å². The van der Waals surface area contributed by atoms with Crippen LogP contribution in [0.5, 0.6) is 0 Å². The monoisotopic (exact) mass is 529 g/mol. The molecule has 9 nitrogen and oxygen atoms in total. The molecule has 1 fully saturated rings. The third-order valence-electron chi connectivity index (χ3n) is 6.95. The summed E-state index contributed by atoms with van der Waals surface area (Å²) >= 11 is 0. The van der Waals surface area contributed by atoms with Gasteiger partial charge in [-0.05, 0) is 71.1 Å². The summed E-state index contributed by atoms with van der Waals surface area (Å²) in [5, 5.41) is 11.5. The molecule has 1 N–H and O–H groups in total. The average Bonchev–Trinajstić information content (AvgIpc) is 2.85. The van der Waals surface area contributed by atoms with Crippen LogP contribution >= 0.6 is 0 Å². The van der Waals surface area contributed by atoms with Crippen molar-refractivity contribution in [2.45, 2.75) is 43.5 Å². The van der Waals surface area contributed by atoms with E-state index in [1.165, 1.54) is 6.07 Å². The number of hydrogen-bond donors (Lipinski definition) is 1. The summed E-state index contributed by atoms with van der Waals surface area (Å²) in [4.78, 5) is 12.0. The van der Waals surface area contributed by atoms with Crippen molar-refractivity contribution in [1.29, 1.82) is 0 Å². The highest BCUT2D eigenvalue weighted by atomic mass is 32.2. The van der Waals surface area contributed by atoms with Crippen LogP contribution in [0, 0.1) is 11.6 Å². The maximum absolute atomic E-state index is 15.1. The number of fused-ring (bicyclic) bond motifs is 1. The SMILES string of the molecule is CC(C)N1CCS(=O)(=O)c2c(F)cc(-c3nc(Nc4ccc(C5CCN(C)CC5)nn4)ncc3F)cc21. The van der Waals surface area contributed by atoms with E-state index in [0.29, 0.717) is 11.7 Å². The van der Waals surface area contributed by atoms with Gasteiger partial charge in [0.15, 0.2) is 21.5 Å². The van der Waals surface area contributed by atoms with Crippen LogP contribution in [0.4, 0.5) is 26.2 Å². The highest BCUT2D eigenvalue weighted by Crippen LogP contribution is 2.38. The highest BCUT2D eigenvalue weighted by molar-refractivity contribution is 7.91. The standard InChI is InChI=1S/C25H29F2N7O2S/c1-15(2)34-10-11-37(35,36)24-18(26)12-17(13-21(24)34)23-19(27)14-28-25(30-23)29-22-5-4-20(31-32-22)16-6-8-33(3)9-7-16/h4-5,12-16H,6-11H2,1-3H3,(H,28,29,30,32). The zero-order chi connectivity index (χ0) is 26.3. The predicted molar refractivity (Wildman–Crippen MR) is 137 cm³/mol. The van der Waals surface area contributed by atoms with Gasteiger partial charge in [-0.25, -0.2) is 27.2 Å². The number of nitrogens with zero attached hydrogens (tertiary/aromatic N) is 6. The molecule has 2 aliphatic heterocycles. The smallest absolute Gasteiger partial charge is 0.229 e. The topological polar surface area (TPSA) is 104 Å². The number of nitrogens with one attached hydrogen (secondary N) is 1. The fourth-order valence-corrected chi connectivity index (χ4v) is 6.38. The van der Waals surface area contributed by atoms with Gasteiger partial charge in [-0.3, -0.25) is 0 Å². The zero-order valence-electron chi connectivity index (χ0n) is 20.9. The number of anilines is 3. The Bertz CT molecular complexity index is 1410. The molecule has 0 spiro atoms. The second-order valence-corrected chi connectivity index (χ2v) is 11.9. The van der Waals surface area contributed by atoms with Crippen molar-refractivity contribution in [3.05, 3.63) is 47.8 Å². The number of benzene rings is 1. The molecule has 1 aromatic carbocycles. The lowest BCUT2D eigenvalue weighted by atomic mass is 9.94. The van der Waals surface area contributed by atoms with Gasteiger partial charge in [-0.15, -0.1) is 5.10 Å². The van der Waals surface area contributed by atoms with Crippen LogP contribution in [0.1, 0.15) is 38.3 Å². The number of hydrogen-bond acceptors (Lipinski definition) is 9. The Labute approximate surface area is 214 Å². The number of aromatic nitrogens is 4. The first-order valence-corrected chi connectivity index (χ1v) is 13.9. The lowest BCUT2D eigenvalue weighted by Crippen LogP contribution is -2.40. The Morgan fingerprint density at radius 1 is 1.05 bits per heavy atom. The molecule has 3 aromatic rings. The van der Waals surface area contributed by atoms with Crippen molar-refractivity contribution in [2.75, 3.05) is 42.7 Å². The van der Waals surface area contributed by atoms with Crippen LogP contribution in [0.3, 0.4) is 0 Å². The third-order valence-corrected chi connectivity index (χ3v) is 8.69. The largest absolute Gasteiger partial charge is 0.367 e. The molecule has 0 unspecified atom stereocenters. The predicted octanol–water partition coefficient (Wildman–Crippen LogP) is 3.77. The fraction of sp³-hybridized carbons (Fsp3) is 0.440. The molecule has 0 radical (unpaired) electrons. The molecule has 37 heavy (non-hydrogen) atoms. The molecule has 4 heterocycles. The quantitative estimate of drug-likeness (QED) is 0.529. The van der Waals surface area contributed by atoms with Gasteiger partial charge in [0.2, 0.25) is 5.95 Å². The van der Waals surface area contributed by atoms with Crippen molar-refractivity contribution in [2.24, 2.45) is 0 Å². The minimum atomic E-state index is -3.78. The summed E-state index contributed by atoms with van der Waals surface area (Å²) in [7, 11) is -1.68. The summed E-state index contributed by atoms with van der Waals surface area (Å²) < 4.78 is 55.1. The molecule has 0 amide bonds. The number of piperidine rings is 1. The van der Waals surface area contributed by atoms with Gasteiger partial charge >= 0.3 is 0 Å². The summed E-state index contributed by atoms with van der Waals surface area (Å²) in [6.07, 6.45) is 3.03. The fourth-order valence-electron chi connectivity index (χ4n) is 4.89. The van der Waals surface area contributed by atoms with Crippen molar-refractivity contribution < 1.29 is 17.2 Å². The molecule has 0 saturated carbocycles. The van der Waals surface area contributed by atoms with Gasteiger partial charge < -0.3 is 15.1 Å². The minimum absolute atomic E-state index is 0.0595. The van der Waals surface area contributed by atoms with Crippen molar-refractivity contribution >= 4 is 27.3 Å². The molecule has 196 valence electrons. The van der Waals surface area contributed by atoms with E-state index < -0.39 is 21.5 Å². The Hall–Kier alpha value is -3.25. The van der Waals surface area contributed by atoms with Crippen LogP contribution in [-0.4, -0.2) is 72.0 Å². The number of likely N-dealkylation sites (tertiary alicyclic amines) is 1. The van der Waals surface area contributed by atoms with E-state index in [2.05, 4.69) is 37.4 Å². The number of halogens is 2. The van der Waals surface area contributed by atoms with Gasteiger partial charge in [0.25, 0.3) is 0 Å². The second kappa shape index (κ2) is 9.90. The molecule has 2 aliphatic rings. The minimum Gasteiger partial charge on any atom is -0.367 e. The Morgan fingerprint density at radius 3 is 2.49 bits per heavy atom. The Balaban J connectivity index is 1.43. The van der Waals surface area contributed by atoms with Crippen molar-refractivity contribution in [3.63, 3.8) is 0 Å². The lowest BCUT2D eigenvalue weighted by Gasteiger charge is -2.34. The summed E-state index contributed by atoms with van der Waals surface area (Å²) in [6, 6.07) is 6.09. The van der Waals surface area contributed by atoms with Crippen LogP contribution in [0.25, 0.3) is 11.3 Å². The normalized spacial score (nSPS) is 18.2. The first kappa shape index (κ1) is 25.4. The van der Waals surface area contributed by atoms with Gasteiger partial charge in [0, 0.05) is 24.1 Å². The lowest BCUT2D eigenvalue weighted by molar-refractivity contribution is 0.253. The third kappa shape index (κ3) is 5.12. The molecule has 0 aliphatic carbocycles. The van der Waals surface area contributed by atoms with Crippen LogP contribution in [0.2, 0.25) is 0 Å². The summed E-state index contributed by atoms with van der Waals surface area (Å²) in [5.74, 6) is -1.06. The number of sulfone groups is 1. The first-order chi connectivity index (χ1) is 17.6. The summed E-state index contributed by atoms with van der Waals surface area (Å²) in [6.45, 7) is 6.03. The van der Waals surface area contributed by atoms with Gasteiger partial charge in [-0.1, -0.05) is 0 Å². The Morgan fingerprint density at radius 2 is 1.81 bits per heavy atom. The van der Waals surface area contributed by atoms with E-state index in [0.717, 1.165) is 43.9 Å². The van der Waals surface area contributed by atoms with Gasteiger partial charge in [-0.2, -0.15) is 5.10 Å². The first-order valence-electron chi connectivity index (χ1n) is 12.3. The van der Waals surface area contributed by atoms with E-state index in [4.69, 9.17) is 0 Å². The number of rotatable bonds is 5. The second-order valence-electron chi connectivity index (χ2n) is 9.85. The molecule has 1 saturated heterocycles. The highest BCUT2D eigenvalue weighted by Gasteiger charge is 2.34. The van der Waals surface area contributed by atoms with E-state index >= 15 is 4.39 Å². The molecular formula is C25H29F2N7O2S. The van der Waals surface area contributed by atoms with E-state index in [-0.39, 0.29) is 46.1 Å². The molecule has 0 bridgehead atoms. The molecule has 2 aromatic heterocycles. The Kier molecular flexibility index (Phi) is 6.80. The zero-order valence-corrected chi connectivity index (χ0v) is 21.8. The van der Waals surface area contributed by atoms with Crippen LogP contribution in [0.15, 0.2) is 35.4 Å². The van der Waals surface area contributed by atoms with Crippen molar-refractivity contribution in [3.8, 4) is 11.3 Å². The molecule has 0 atom stereocenters. The maximum Gasteiger partial charge on any atom is 0.229 e. The molecular weight excluding hydrogens is 500 g/mol. The molecule has 12 heteroatoms. The molecule has 5 rings (SSSR count). The van der Waals surface area contributed by atoms with E-state index in [9.17, 15) is 12.8 Å². The van der Waals surface area contributed by atoms with Crippen LogP contribution in [-0.2, 0) is 9.84 Å². The van der Waals surface area contributed by atoms with E-state index in [1.807, 2.05) is 19.9 Å².